The molecule has 0 aromatic heterocycles. The van der Waals surface area contributed by atoms with Gasteiger partial charge in [0.15, 0.2) is 0 Å². The fraction of sp³-hybridized carbons (Fsp3) is 1.00. The summed E-state index contributed by atoms with van der Waals surface area (Å²) in [4.78, 5) is 0. The molecule has 0 amide bonds. The summed E-state index contributed by atoms with van der Waals surface area (Å²) < 4.78 is 45.5. The second-order valence-corrected chi connectivity index (χ2v) is 9.75. The monoisotopic (exact) mass is 242 g/mol. The zero-order valence-corrected chi connectivity index (χ0v) is 10.5. The van der Waals surface area contributed by atoms with Crippen LogP contribution < -0.4 is 0 Å². The minimum atomic E-state index is -3.96. The number of unbranched alkanes of at least 4 members (excludes halogenated alkanes) is 1. The summed E-state index contributed by atoms with van der Waals surface area (Å²) in [6.07, 6.45) is 1.08. The fourth-order valence-electron chi connectivity index (χ4n) is 0.960. The molecule has 4 nitrogen and oxygen atoms in total. The minimum absolute atomic E-state index is 0.156. The van der Waals surface area contributed by atoms with Crippen molar-refractivity contribution in [3.63, 3.8) is 0 Å². The molecule has 0 saturated carbocycles. The summed E-state index contributed by atoms with van der Waals surface area (Å²) in [6, 6.07) is 0. The lowest BCUT2D eigenvalue weighted by Crippen LogP contribution is -2.24. The van der Waals surface area contributed by atoms with Crippen LogP contribution >= 0.6 is 0 Å². The van der Waals surface area contributed by atoms with Crippen molar-refractivity contribution in [3.05, 3.63) is 0 Å². The zero-order chi connectivity index (χ0) is 11.4. The maximum Gasteiger partial charge on any atom is 0.253 e. The molecule has 0 saturated heterocycles. The summed E-state index contributed by atoms with van der Waals surface area (Å²) in [5, 5.41) is 0. The Labute approximate surface area is 85.9 Å². The lowest BCUT2D eigenvalue weighted by atomic mass is 10.3. The molecule has 0 unspecified atom stereocenters. The van der Waals surface area contributed by atoms with Gasteiger partial charge in [-0.25, -0.2) is 16.8 Å². The summed E-state index contributed by atoms with van der Waals surface area (Å²) >= 11 is 0. The molecule has 0 radical (unpaired) electrons. The van der Waals surface area contributed by atoms with Crippen LogP contribution in [0.1, 0.15) is 33.6 Å². The average Bonchev–Trinajstić information content (AvgIpc) is 1.98. The number of rotatable bonds is 6. The van der Waals surface area contributed by atoms with E-state index in [2.05, 4.69) is 0 Å². The van der Waals surface area contributed by atoms with Gasteiger partial charge in [0.25, 0.3) is 17.7 Å². The highest BCUT2D eigenvalue weighted by atomic mass is 33.2. The van der Waals surface area contributed by atoms with E-state index >= 15 is 0 Å². The van der Waals surface area contributed by atoms with Crippen molar-refractivity contribution < 1.29 is 16.8 Å². The predicted octanol–water partition coefficient (Wildman–Crippen LogP) is 1.19. The van der Waals surface area contributed by atoms with Crippen LogP contribution in [0.5, 0.6) is 0 Å². The highest BCUT2D eigenvalue weighted by Gasteiger charge is 2.29. The zero-order valence-electron chi connectivity index (χ0n) is 8.86. The van der Waals surface area contributed by atoms with Crippen molar-refractivity contribution in [2.45, 2.75) is 33.6 Å². The van der Waals surface area contributed by atoms with Gasteiger partial charge in [0, 0.05) is 0 Å². The van der Waals surface area contributed by atoms with Crippen molar-refractivity contribution in [3.8, 4) is 0 Å². The summed E-state index contributed by atoms with van der Waals surface area (Å²) in [5.74, 6) is -0.686. The first-order chi connectivity index (χ1) is 6.23. The molecular weight excluding hydrogens is 224 g/mol. The number of hydrogen-bond acceptors (Lipinski definition) is 4. The first-order valence-corrected chi connectivity index (χ1v) is 8.50. The molecule has 86 valence electrons. The predicted molar refractivity (Wildman–Crippen MR) is 57.3 cm³/mol. The Morgan fingerprint density at radius 1 is 1.00 bits per heavy atom. The van der Waals surface area contributed by atoms with Gasteiger partial charge in [0.05, 0.1) is 11.5 Å². The van der Waals surface area contributed by atoms with E-state index in [9.17, 15) is 16.8 Å². The Hall–Kier alpha value is -0.100. The third-order valence-electron chi connectivity index (χ3n) is 1.67. The minimum Gasteiger partial charge on any atom is -0.213 e. The average molecular weight is 242 g/mol. The molecule has 0 fully saturated rings. The van der Waals surface area contributed by atoms with Crippen LogP contribution in [0.2, 0.25) is 0 Å². The molecule has 0 aliphatic carbocycles. The molecule has 0 aromatic rings. The normalized spacial score (nSPS) is 13.4. The van der Waals surface area contributed by atoms with Crippen molar-refractivity contribution in [1.29, 1.82) is 0 Å². The van der Waals surface area contributed by atoms with Gasteiger partial charge in [0.1, 0.15) is 0 Å². The van der Waals surface area contributed by atoms with Crippen LogP contribution in [0, 0.1) is 5.92 Å². The van der Waals surface area contributed by atoms with Gasteiger partial charge in [-0.15, -0.1) is 0 Å². The third kappa shape index (κ3) is 3.96. The molecule has 0 bridgehead atoms. The molecule has 0 atom stereocenters. The van der Waals surface area contributed by atoms with E-state index < -0.39 is 17.7 Å². The largest absolute Gasteiger partial charge is 0.253 e. The first-order valence-electron chi connectivity index (χ1n) is 4.68. The van der Waals surface area contributed by atoms with Gasteiger partial charge in [-0.05, 0) is 12.3 Å². The Kier molecular flexibility index (Phi) is 5.08. The van der Waals surface area contributed by atoms with Gasteiger partial charge >= 0.3 is 0 Å². The van der Waals surface area contributed by atoms with Crippen LogP contribution in [0.4, 0.5) is 0 Å². The molecule has 0 aromatic carbocycles. The molecule has 14 heavy (non-hydrogen) atoms. The molecule has 0 heterocycles. The number of hydrogen-bond donors (Lipinski definition) is 0. The second kappa shape index (κ2) is 5.11. The molecule has 0 aliphatic heterocycles. The van der Waals surface area contributed by atoms with Gasteiger partial charge in [-0.3, -0.25) is 0 Å². The third-order valence-corrected chi connectivity index (χ3v) is 7.54. The smallest absolute Gasteiger partial charge is 0.213 e. The molecule has 6 heteroatoms. The maximum atomic E-state index is 11.4. The van der Waals surface area contributed by atoms with E-state index in [0.717, 1.165) is 0 Å². The maximum absolute atomic E-state index is 11.4. The lowest BCUT2D eigenvalue weighted by Gasteiger charge is -2.07. The standard InChI is InChI=1S/C8H18O4S2/c1-4-5-6-13(9,10)14(11,12)7-8(2)3/h8H,4-7H2,1-3H3. The highest BCUT2D eigenvalue weighted by Crippen LogP contribution is 2.11. The van der Waals surface area contributed by atoms with Gasteiger partial charge in [-0.1, -0.05) is 27.2 Å². The van der Waals surface area contributed by atoms with Crippen LogP contribution in [-0.2, 0) is 17.7 Å². The summed E-state index contributed by atoms with van der Waals surface area (Å²) in [7, 11) is -7.90. The van der Waals surface area contributed by atoms with Gasteiger partial charge in [0.2, 0.25) is 0 Å². The first kappa shape index (κ1) is 13.9. The van der Waals surface area contributed by atoms with Gasteiger partial charge in [-0.2, -0.15) is 0 Å². The second-order valence-electron chi connectivity index (χ2n) is 3.73. The SMILES string of the molecule is CCCCS(=O)(=O)S(=O)(=O)CC(C)C. The van der Waals surface area contributed by atoms with Crippen LogP contribution in [0.25, 0.3) is 0 Å². The highest BCUT2D eigenvalue weighted by molar-refractivity contribution is 8.67. The molecule has 0 rings (SSSR count). The van der Waals surface area contributed by atoms with E-state index in [-0.39, 0.29) is 17.4 Å². The molecule has 0 aliphatic rings. The van der Waals surface area contributed by atoms with Crippen molar-refractivity contribution in [2.75, 3.05) is 11.5 Å². The summed E-state index contributed by atoms with van der Waals surface area (Å²) in [5.41, 5.74) is 0. The van der Waals surface area contributed by atoms with Crippen molar-refractivity contribution in [2.24, 2.45) is 5.92 Å². The topological polar surface area (TPSA) is 68.3 Å². The van der Waals surface area contributed by atoms with E-state index in [1.165, 1.54) is 0 Å². The van der Waals surface area contributed by atoms with Gasteiger partial charge < -0.3 is 0 Å². The Bertz CT molecular complexity index is 351. The van der Waals surface area contributed by atoms with E-state index in [4.69, 9.17) is 0 Å². The fourth-order valence-corrected chi connectivity index (χ4v) is 5.43. The quantitative estimate of drug-likeness (QED) is 0.656. The van der Waals surface area contributed by atoms with E-state index in [0.29, 0.717) is 12.8 Å². The van der Waals surface area contributed by atoms with Crippen molar-refractivity contribution >= 4 is 17.7 Å². The van der Waals surface area contributed by atoms with Crippen LogP contribution in [-0.4, -0.2) is 28.3 Å². The molecular formula is C8H18O4S2. The van der Waals surface area contributed by atoms with E-state index in [1.54, 1.807) is 13.8 Å². The van der Waals surface area contributed by atoms with Crippen LogP contribution in [0.15, 0.2) is 0 Å². The lowest BCUT2D eigenvalue weighted by molar-refractivity contribution is 0.573. The van der Waals surface area contributed by atoms with Crippen LogP contribution in [0.3, 0.4) is 0 Å². The van der Waals surface area contributed by atoms with E-state index in [1.807, 2.05) is 6.92 Å². The Morgan fingerprint density at radius 2 is 1.50 bits per heavy atom. The molecule has 0 N–H and O–H groups in total. The summed E-state index contributed by atoms with van der Waals surface area (Å²) in [6.45, 7) is 5.20. The molecule has 0 spiro atoms. The Balaban J connectivity index is 4.73. The van der Waals surface area contributed by atoms with Crippen molar-refractivity contribution in [1.82, 2.24) is 0 Å². The Morgan fingerprint density at radius 3 is 1.86 bits per heavy atom.